The summed E-state index contributed by atoms with van der Waals surface area (Å²) in [6.45, 7) is 9.11. The fourth-order valence-electron chi connectivity index (χ4n) is 4.64. The molecule has 1 amide bonds. The Balaban J connectivity index is 1.80. The lowest BCUT2D eigenvalue weighted by Gasteiger charge is -2.36. The number of amides is 1. The molecule has 9 heteroatoms. The van der Waals surface area contributed by atoms with E-state index in [9.17, 15) is 9.59 Å². The second-order valence-corrected chi connectivity index (χ2v) is 10.8. The zero-order chi connectivity index (χ0) is 23.7. The van der Waals surface area contributed by atoms with Crippen molar-refractivity contribution in [1.82, 2.24) is 14.3 Å². The number of anilines is 1. The quantitative estimate of drug-likeness (QED) is 0.350. The van der Waals surface area contributed by atoms with Crippen LogP contribution in [0.3, 0.4) is 0 Å². The van der Waals surface area contributed by atoms with Gasteiger partial charge in [-0.25, -0.2) is 4.98 Å². The molecular formula is C24H30N4O3S2. The summed E-state index contributed by atoms with van der Waals surface area (Å²) in [5.74, 6) is 1.48. The number of thioether (sulfide) groups is 1. The standard InChI is InChI=1S/C24H30N4O3S2/c1-15-6-7-20-25-21(26-12-16(2)10-17(3)13-26)18(22(29)28(20)14-15)11-19-23(30)27(24(32)33-19)8-5-9-31-4/h6-7,11,14,16-17H,5,8-10,12-13H2,1-4H3. The number of carbonyl (C=O) groups excluding carboxylic acids is 1. The molecule has 7 nitrogen and oxygen atoms in total. The Morgan fingerprint density at radius 1 is 1.24 bits per heavy atom. The van der Waals surface area contributed by atoms with Gasteiger partial charge in [0.15, 0.2) is 0 Å². The van der Waals surface area contributed by atoms with Gasteiger partial charge in [0.05, 0.1) is 10.5 Å². The van der Waals surface area contributed by atoms with Gasteiger partial charge in [0.2, 0.25) is 0 Å². The predicted molar refractivity (Wildman–Crippen MR) is 138 cm³/mol. The van der Waals surface area contributed by atoms with Gasteiger partial charge in [-0.15, -0.1) is 0 Å². The largest absolute Gasteiger partial charge is 0.385 e. The number of carbonyl (C=O) groups is 1. The third kappa shape index (κ3) is 5.00. The summed E-state index contributed by atoms with van der Waals surface area (Å²) in [4.78, 5) is 35.9. The van der Waals surface area contributed by atoms with Gasteiger partial charge in [0, 0.05) is 39.5 Å². The molecule has 4 heterocycles. The van der Waals surface area contributed by atoms with Crippen molar-refractivity contribution in [1.29, 1.82) is 0 Å². The highest BCUT2D eigenvalue weighted by Crippen LogP contribution is 2.34. The Morgan fingerprint density at radius 2 is 1.97 bits per heavy atom. The number of aromatic nitrogens is 2. The molecular weight excluding hydrogens is 456 g/mol. The lowest BCUT2D eigenvalue weighted by Crippen LogP contribution is -2.40. The maximum Gasteiger partial charge on any atom is 0.267 e. The van der Waals surface area contributed by atoms with E-state index in [0.717, 1.165) is 25.1 Å². The highest BCUT2D eigenvalue weighted by atomic mass is 32.2. The topological polar surface area (TPSA) is 67.2 Å². The van der Waals surface area contributed by atoms with E-state index in [4.69, 9.17) is 21.9 Å². The van der Waals surface area contributed by atoms with Crippen molar-refractivity contribution in [2.45, 2.75) is 33.6 Å². The van der Waals surface area contributed by atoms with Crippen LogP contribution in [0.2, 0.25) is 0 Å². The molecule has 0 radical (unpaired) electrons. The number of rotatable bonds is 6. The fraction of sp³-hybridized carbons (Fsp3) is 0.500. The van der Waals surface area contributed by atoms with E-state index in [1.165, 1.54) is 11.8 Å². The van der Waals surface area contributed by atoms with Gasteiger partial charge in [-0.05, 0) is 49.3 Å². The molecule has 0 N–H and O–H groups in total. The summed E-state index contributed by atoms with van der Waals surface area (Å²) in [7, 11) is 1.63. The third-order valence-electron chi connectivity index (χ3n) is 6.03. The summed E-state index contributed by atoms with van der Waals surface area (Å²) in [6.07, 6.45) is 5.34. The SMILES string of the molecule is COCCCN1C(=O)C(=Cc2c(N3CC(C)CC(C)C3)nc3ccc(C)cn3c2=O)SC1=S. The van der Waals surface area contributed by atoms with E-state index < -0.39 is 0 Å². The lowest BCUT2D eigenvalue weighted by molar-refractivity contribution is -0.122. The number of pyridine rings is 1. The number of thiocarbonyl (C=S) groups is 1. The first-order chi connectivity index (χ1) is 15.8. The van der Waals surface area contributed by atoms with Gasteiger partial charge >= 0.3 is 0 Å². The highest BCUT2D eigenvalue weighted by molar-refractivity contribution is 8.26. The van der Waals surface area contributed by atoms with E-state index in [2.05, 4.69) is 18.7 Å². The minimum atomic E-state index is -0.172. The van der Waals surface area contributed by atoms with E-state index >= 15 is 0 Å². The zero-order valence-corrected chi connectivity index (χ0v) is 21.2. The van der Waals surface area contributed by atoms with Gasteiger partial charge in [0.25, 0.3) is 11.5 Å². The van der Waals surface area contributed by atoms with Crippen LogP contribution in [0.15, 0.2) is 28.0 Å². The van der Waals surface area contributed by atoms with Crippen molar-refractivity contribution in [3.63, 3.8) is 0 Å². The van der Waals surface area contributed by atoms with Crippen LogP contribution in [0.1, 0.15) is 37.8 Å². The maximum absolute atomic E-state index is 13.6. The normalized spacial score (nSPS) is 22.7. The molecule has 0 spiro atoms. The predicted octanol–water partition coefficient (Wildman–Crippen LogP) is 3.72. The van der Waals surface area contributed by atoms with Crippen LogP contribution in [-0.4, -0.2) is 57.9 Å². The Bertz CT molecular complexity index is 1170. The number of ether oxygens (including phenoxy) is 1. The molecule has 0 saturated carbocycles. The number of piperidine rings is 1. The lowest BCUT2D eigenvalue weighted by atomic mass is 9.91. The number of hydrogen-bond acceptors (Lipinski definition) is 7. The monoisotopic (exact) mass is 486 g/mol. The van der Waals surface area contributed by atoms with Crippen molar-refractivity contribution in [2.75, 3.05) is 38.3 Å². The van der Waals surface area contributed by atoms with E-state index in [1.807, 2.05) is 19.1 Å². The zero-order valence-electron chi connectivity index (χ0n) is 19.5. The number of aryl methyl sites for hydroxylation is 1. The molecule has 2 aromatic rings. The molecule has 2 aliphatic heterocycles. The van der Waals surface area contributed by atoms with Crippen molar-refractivity contribution in [3.05, 3.63) is 44.7 Å². The average molecular weight is 487 g/mol. The van der Waals surface area contributed by atoms with Gasteiger partial charge in [0.1, 0.15) is 15.8 Å². The summed E-state index contributed by atoms with van der Waals surface area (Å²) in [5, 5.41) is 0. The Kier molecular flexibility index (Phi) is 7.21. The summed E-state index contributed by atoms with van der Waals surface area (Å²) < 4.78 is 7.18. The average Bonchev–Trinajstić information content (AvgIpc) is 3.02. The van der Waals surface area contributed by atoms with E-state index in [0.29, 0.717) is 57.7 Å². The second-order valence-electron chi connectivity index (χ2n) is 9.12. The molecule has 2 aromatic heterocycles. The van der Waals surface area contributed by atoms with Gasteiger partial charge in [-0.2, -0.15) is 0 Å². The van der Waals surface area contributed by atoms with Crippen molar-refractivity contribution >= 4 is 51.7 Å². The van der Waals surface area contributed by atoms with Crippen LogP contribution in [-0.2, 0) is 9.53 Å². The summed E-state index contributed by atoms with van der Waals surface area (Å²) in [6, 6.07) is 3.83. The molecule has 2 unspecified atom stereocenters. The Labute approximate surface area is 203 Å². The minimum absolute atomic E-state index is 0.166. The van der Waals surface area contributed by atoms with Crippen molar-refractivity contribution < 1.29 is 9.53 Å². The van der Waals surface area contributed by atoms with E-state index in [-0.39, 0.29) is 11.5 Å². The molecule has 2 fully saturated rings. The molecule has 2 saturated heterocycles. The van der Waals surface area contributed by atoms with Crippen LogP contribution in [0.25, 0.3) is 11.7 Å². The van der Waals surface area contributed by atoms with Crippen LogP contribution >= 0.6 is 24.0 Å². The number of fused-ring (bicyclic) bond motifs is 1. The fourth-order valence-corrected chi connectivity index (χ4v) is 5.93. The first-order valence-corrected chi connectivity index (χ1v) is 12.5. The van der Waals surface area contributed by atoms with E-state index in [1.54, 1.807) is 28.7 Å². The molecule has 0 aromatic carbocycles. The minimum Gasteiger partial charge on any atom is -0.385 e. The molecule has 0 aliphatic carbocycles. The molecule has 33 heavy (non-hydrogen) atoms. The smallest absolute Gasteiger partial charge is 0.267 e. The number of hydrogen-bond donors (Lipinski definition) is 0. The van der Waals surface area contributed by atoms with Gasteiger partial charge < -0.3 is 9.64 Å². The molecule has 2 aliphatic rings. The van der Waals surface area contributed by atoms with Crippen LogP contribution in [0.4, 0.5) is 5.82 Å². The molecule has 0 bridgehead atoms. The van der Waals surface area contributed by atoms with Gasteiger partial charge in [-0.3, -0.25) is 18.9 Å². The van der Waals surface area contributed by atoms with Crippen LogP contribution in [0, 0.1) is 18.8 Å². The Hall–Kier alpha value is -2.23. The van der Waals surface area contributed by atoms with Crippen molar-refractivity contribution in [3.8, 4) is 0 Å². The molecule has 176 valence electrons. The van der Waals surface area contributed by atoms with Gasteiger partial charge in [-0.1, -0.05) is 43.9 Å². The first-order valence-electron chi connectivity index (χ1n) is 11.3. The summed E-state index contributed by atoms with van der Waals surface area (Å²) in [5.41, 5.74) is 1.84. The maximum atomic E-state index is 13.6. The first kappa shape index (κ1) is 23.9. The van der Waals surface area contributed by atoms with Crippen LogP contribution < -0.4 is 10.5 Å². The number of methoxy groups -OCH3 is 1. The number of nitrogens with zero attached hydrogens (tertiary/aromatic N) is 4. The van der Waals surface area contributed by atoms with Crippen LogP contribution in [0.5, 0.6) is 0 Å². The molecule has 4 rings (SSSR count). The molecule has 2 atom stereocenters. The second kappa shape index (κ2) is 9.95. The third-order valence-corrected chi connectivity index (χ3v) is 7.41. The van der Waals surface area contributed by atoms with Crippen molar-refractivity contribution in [2.24, 2.45) is 11.8 Å². The Morgan fingerprint density at radius 3 is 2.67 bits per heavy atom. The summed E-state index contributed by atoms with van der Waals surface area (Å²) >= 11 is 6.70. The highest BCUT2D eigenvalue weighted by Gasteiger charge is 2.33.